The zero-order valence-corrected chi connectivity index (χ0v) is 42.2. The van der Waals surface area contributed by atoms with Gasteiger partial charge in [0, 0.05) is 53.2 Å². The summed E-state index contributed by atoms with van der Waals surface area (Å²) < 4.78 is 111. The molecule has 68 heavy (non-hydrogen) atoms. The van der Waals surface area contributed by atoms with Gasteiger partial charge in [-0.1, -0.05) is 45.1 Å². The molecule has 0 spiro atoms. The van der Waals surface area contributed by atoms with E-state index < -0.39 is 57.7 Å². The highest BCUT2D eigenvalue weighted by atomic mass is 32.2. The zero-order valence-electron chi connectivity index (χ0n) is 39.0. The summed E-state index contributed by atoms with van der Waals surface area (Å²) in [6, 6.07) is 8.80. The van der Waals surface area contributed by atoms with Crippen LogP contribution in [0.15, 0.2) is 143 Å². The van der Waals surface area contributed by atoms with Crippen LogP contribution in [0.2, 0.25) is 0 Å². The molecule has 0 radical (unpaired) electrons. The number of nitroso groups, excluding NO2 is 3. The number of fused-ring (bicyclic) bond motifs is 2. The van der Waals surface area contributed by atoms with E-state index in [9.17, 15) is 48.7 Å². The van der Waals surface area contributed by atoms with Crippen molar-refractivity contribution in [2.75, 3.05) is 29.5 Å². The Kier molecular flexibility index (Phi) is 17.6. The Morgan fingerprint density at radius 1 is 0.853 bits per heavy atom. The van der Waals surface area contributed by atoms with Crippen LogP contribution < -0.4 is 4.90 Å². The summed E-state index contributed by atoms with van der Waals surface area (Å²) in [6.45, 7) is 12.4. The SMILES string of the molecule is C\C=C/C(=C\C=C\CC)OC1=C(/C=C/C2=[N+](CCCCS(=O)O)c3ccc(S(=O)(=O)N=O)cc3C2(C)C)CCC/C1=C\C=C1\N(CCCCS(=O)(=O)N=O)c2ccc(S(=O)(=O)N=O)cc2C1(C)C. The van der Waals surface area contributed by atoms with Crippen LogP contribution in [0, 0.1) is 14.7 Å². The molecule has 1 atom stereocenters. The van der Waals surface area contributed by atoms with E-state index in [1.807, 2.05) is 101 Å². The lowest BCUT2D eigenvalue weighted by Crippen LogP contribution is -2.28. The van der Waals surface area contributed by atoms with Gasteiger partial charge in [-0.3, -0.25) is 0 Å². The van der Waals surface area contributed by atoms with Gasteiger partial charge < -0.3 is 14.2 Å². The molecule has 3 aliphatic rings. The molecule has 0 saturated heterocycles. The van der Waals surface area contributed by atoms with E-state index >= 15 is 0 Å². The van der Waals surface area contributed by atoms with Crippen molar-refractivity contribution in [3.8, 4) is 0 Å². The number of hydrogen-bond donors (Lipinski definition) is 1. The van der Waals surface area contributed by atoms with Crippen molar-refractivity contribution in [1.82, 2.24) is 0 Å². The Labute approximate surface area is 401 Å². The fourth-order valence-corrected chi connectivity index (χ4v) is 11.0. The van der Waals surface area contributed by atoms with Crippen LogP contribution in [-0.2, 0) is 56.7 Å². The van der Waals surface area contributed by atoms with Crippen LogP contribution in [0.4, 0.5) is 11.4 Å². The average Bonchev–Trinajstić information content (AvgIpc) is 3.65. The Morgan fingerprint density at radius 2 is 1.53 bits per heavy atom. The molecular formula is C47H58N5O12S4+. The van der Waals surface area contributed by atoms with Crippen molar-refractivity contribution in [2.24, 2.45) is 13.7 Å². The minimum absolute atomic E-state index is 0.0941. The molecule has 0 amide bonds. The van der Waals surface area contributed by atoms with E-state index in [1.165, 1.54) is 24.3 Å². The second-order valence-electron chi connectivity index (χ2n) is 17.5. The third kappa shape index (κ3) is 12.3. The van der Waals surface area contributed by atoms with Crippen molar-refractivity contribution in [1.29, 1.82) is 0 Å². The van der Waals surface area contributed by atoms with Crippen molar-refractivity contribution in [2.45, 2.75) is 114 Å². The van der Waals surface area contributed by atoms with Crippen LogP contribution >= 0.6 is 0 Å². The minimum atomic E-state index is -4.47. The lowest BCUT2D eigenvalue weighted by Gasteiger charge is -2.27. The summed E-state index contributed by atoms with van der Waals surface area (Å²) in [7, 11) is -13.0. The van der Waals surface area contributed by atoms with Gasteiger partial charge in [0.15, 0.2) is 16.8 Å². The summed E-state index contributed by atoms with van der Waals surface area (Å²) in [4.78, 5) is 35.0. The third-order valence-corrected chi connectivity index (χ3v) is 15.9. The highest BCUT2D eigenvalue weighted by Gasteiger charge is 2.45. The number of ether oxygens (including phenoxy) is 1. The molecule has 2 heterocycles. The van der Waals surface area contributed by atoms with Crippen LogP contribution in [0.3, 0.4) is 0 Å². The molecule has 2 aromatic rings. The lowest BCUT2D eigenvalue weighted by atomic mass is 9.81. The summed E-state index contributed by atoms with van der Waals surface area (Å²) in [5, 5.41) is 0. The number of anilines is 1. The number of benzene rings is 2. The van der Waals surface area contributed by atoms with Crippen molar-refractivity contribution < 1.29 is 43.3 Å². The fourth-order valence-electron chi connectivity index (χ4n) is 8.70. The maximum atomic E-state index is 12.6. The van der Waals surface area contributed by atoms with Gasteiger partial charge >= 0.3 is 20.0 Å². The maximum Gasteiger partial charge on any atom is 0.316 e. The lowest BCUT2D eigenvalue weighted by molar-refractivity contribution is -0.438. The third-order valence-electron chi connectivity index (χ3n) is 12.2. The highest BCUT2D eigenvalue weighted by molar-refractivity contribution is 7.90. The molecule has 1 aliphatic carbocycles. The molecule has 2 aromatic carbocycles. The predicted molar refractivity (Wildman–Crippen MR) is 265 cm³/mol. The van der Waals surface area contributed by atoms with Gasteiger partial charge in [-0.25, -0.2) is 12.6 Å². The van der Waals surface area contributed by atoms with Gasteiger partial charge in [0.1, 0.15) is 18.1 Å². The molecule has 0 bridgehead atoms. The van der Waals surface area contributed by atoms with Crippen LogP contribution in [0.5, 0.6) is 0 Å². The standard InChI is InChI=1S/C47H57N5O12S4/c1-7-9-10-19-36(16-8-2)64-45-34(20-26-43-46(3,4)39-32-37(67(60,61)49-54)22-24-41(39)51(43)28-11-13-30-65(56)57)17-15-18-35(45)21-27-44-47(5,6)40-33-38(68(62,63)50-55)23-25-42(40)52(44)29-12-14-31-66(58,59)48-53/h8-10,16,19-27,32-33H,7,11-15,17-18,28-31H2,1-6H3/p+1/b10-9+,16-8-,36-19+. The molecule has 5 rings (SSSR count). The van der Waals surface area contributed by atoms with Gasteiger partial charge in [0.05, 0.1) is 34.7 Å². The molecule has 0 saturated carbocycles. The van der Waals surface area contributed by atoms with Crippen LogP contribution in [-0.4, -0.2) is 68.9 Å². The topological polar surface area (TPSA) is 243 Å². The Balaban J connectivity index is 1.69. The first-order valence-corrected chi connectivity index (χ1v) is 27.9. The normalized spacial score (nSPS) is 19.2. The first-order chi connectivity index (χ1) is 32.1. The molecule has 366 valence electrons. The quantitative estimate of drug-likeness (QED) is 0.0272. The predicted octanol–water partition coefficient (Wildman–Crippen LogP) is 9.90. The van der Waals surface area contributed by atoms with E-state index in [-0.39, 0.29) is 22.0 Å². The van der Waals surface area contributed by atoms with E-state index in [4.69, 9.17) is 4.74 Å². The maximum absolute atomic E-state index is 12.6. The minimum Gasteiger partial charge on any atom is -0.457 e. The Bertz CT molecular complexity index is 2940. The summed E-state index contributed by atoms with van der Waals surface area (Å²) in [5.74, 6) is 0.812. The molecule has 2 aliphatic heterocycles. The van der Waals surface area contributed by atoms with Crippen molar-refractivity contribution >= 4 is 58.2 Å². The number of sulfonamides is 3. The molecule has 17 nitrogen and oxygen atoms in total. The molecule has 1 unspecified atom stereocenters. The van der Waals surface area contributed by atoms with E-state index in [0.29, 0.717) is 73.5 Å². The highest BCUT2D eigenvalue weighted by Crippen LogP contribution is 2.49. The largest absolute Gasteiger partial charge is 0.457 e. The van der Waals surface area contributed by atoms with Crippen molar-refractivity contribution in [3.63, 3.8) is 0 Å². The Morgan fingerprint density at radius 3 is 2.16 bits per heavy atom. The number of hydrogen-bond acceptors (Lipinski definition) is 12. The van der Waals surface area contributed by atoms with Gasteiger partial charge in [-0.05, 0) is 137 Å². The zero-order chi connectivity index (χ0) is 50.1. The number of nitrogens with zero attached hydrogens (tertiary/aromatic N) is 5. The summed E-state index contributed by atoms with van der Waals surface area (Å²) in [5.41, 5.74) is 4.28. The molecule has 1 N–H and O–H groups in total. The molecule has 0 fully saturated rings. The van der Waals surface area contributed by atoms with Crippen LogP contribution in [0.1, 0.15) is 104 Å². The van der Waals surface area contributed by atoms with E-state index in [2.05, 4.69) is 18.3 Å². The Hall–Kier alpha value is -5.35. The van der Waals surface area contributed by atoms with Gasteiger partial charge in [-0.15, -0.1) is 14.7 Å². The van der Waals surface area contributed by atoms with Gasteiger partial charge in [0.25, 0.3) is 10.0 Å². The first kappa shape index (κ1) is 53.6. The number of rotatable bonds is 23. The van der Waals surface area contributed by atoms with E-state index in [1.54, 1.807) is 12.1 Å². The molecule has 0 aromatic heterocycles. The second-order valence-corrected chi connectivity index (χ2v) is 23.4. The number of allylic oxidation sites excluding steroid dienone is 12. The smallest absolute Gasteiger partial charge is 0.316 e. The summed E-state index contributed by atoms with van der Waals surface area (Å²) >= 11 is -1.97. The second kappa shape index (κ2) is 22.4. The monoisotopic (exact) mass is 1010 g/mol. The molecular weight excluding hydrogens is 955 g/mol. The first-order valence-electron chi connectivity index (χ1n) is 22.1. The van der Waals surface area contributed by atoms with Crippen molar-refractivity contribution in [3.05, 3.63) is 145 Å². The molecule has 21 heteroatoms. The van der Waals surface area contributed by atoms with Gasteiger partial charge in [0.2, 0.25) is 5.69 Å². The van der Waals surface area contributed by atoms with Gasteiger partial charge in [-0.2, -0.15) is 21.4 Å². The number of unbranched alkanes of at least 4 members (excludes halogenated alkanes) is 2. The average molecular weight is 1010 g/mol. The summed E-state index contributed by atoms with van der Waals surface area (Å²) in [6.07, 6.45) is 21.6. The van der Waals surface area contributed by atoms with Crippen LogP contribution in [0.25, 0.3) is 0 Å². The fraction of sp³-hybridized carbons (Fsp3) is 0.426. The van der Waals surface area contributed by atoms with E-state index in [0.717, 1.165) is 41.1 Å².